The van der Waals surface area contributed by atoms with Crippen molar-refractivity contribution in [2.75, 3.05) is 52.4 Å². The molecule has 12 amide bonds. The smallest absolute Gasteiger partial charge is 0.246 e. The summed E-state index contributed by atoms with van der Waals surface area (Å²) in [7, 11) is 0. The second kappa shape index (κ2) is 47.6. The maximum atomic E-state index is 14.9. The van der Waals surface area contributed by atoms with Crippen molar-refractivity contribution in [3.63, 3.8) is 0 Å². The third-order valence-corrected chi connectivity index (χ3v) is 21.0. The second-order valence-electron chi connectivity index (χ2n) is 30.3. The first-order valence-corrected chi connectivity index (χ1v) is 40.9. The van der Waals surface area contributed by atoms with Gasteiger partial charge in [0.05, 0.1) is 13.1 Å². The summed E-state index contributed by atoms with van der Waals surface area (Å²) < 4.78 is 0. The molecule has 6 aromatic rings. The van der Waals surface area contributed by atoms with Crippen molar-refractivity contribution in [1.82, 2.24) is 73.6 Å². The Bertz CT molecular complexity index is 4160. The molecule has 8 rings (SSSR count). The second-order valence-corrected chi connectivity index (χ2v) is 30.3. The van der Waals surface area contributed by atoms with Crippen LogP contribution < -0.4 is 75.3 Å². The first-order valence-electron chi connectivity index (χ1n) is 40.9. The Hall–Kier alpha value is -12.4. The molecule has 2 aliphatic rings. The van der Waals surface area contributed by atoms with Gasteiger partial charge >= 0.3 is 0 Å². The molecule has 32 heteroatoms. The van der Waals surface area contributed by atoms with Crippen LogP contribution in [0.1, 0.15) is 152 Å². The maximum absolute atomic E-state index is 14.9. The van der Waals surface area contributed by atoms with E-state index in [0.717, 1.165) is 45.5 Å². The molecule has 0 radical (unpaired) electrons. The van der Waals surface area contributed by atoms with E-state index in [1.165, 1.54) is 47.9 Å². The number of phenols is 2. The Labute approximate surface area is 687 Å². The zero-order valence-corrected chi connectivity index (χ0v) is 67.4. The van der Waals surface area contributed by atoms with Crippen molar-refractivity contribution < 1.29 is 67.7 Å². The van der Waals surface area contributed by atoms with Gasteiger partial charge in [0.2, 0.25) is 70.9 Å². The number of nitrogens with zero attached hydrogens (tertiary/aromatic N) is 2. The van der Waals surface area contributed by atoms with Gasteiger partial charge in [-0.15, -0.1) is 0 Å². The highest BCUT2D eigenvalue weighted by Gasteiger charge is 2.38. The van der Waals surface area contributed by atoms with Gasteiger partial charge in [0.1, 0.15) is 59.8 Å². The number of guanidine groups is 2. The Morgan fingerprint density at radius 1 is 0.373 bits per heavy atom. The van der Waals surface area contributed by atoms with Crippen molar-refractivity contribution in [3.8, 4) is 11.5 Å². The SMILES string of the molecule is C[C@@H]1C(=O)N[C@@H](CCCNC(=N)N)C(=O)N[C@@H](Cc2ccc3ccccc3c2)C(=O)NCC(=O)N[C@H](Cc2ccc(O)cc2)C(=O)N1CCCCCCNC(=O)CCCCCCC(=O)NCCCCCCN1C(=O)[C@@H](Cc2ccc(O)cc2)NC(=O)CNC(=O)[C@H](Cc2ccc3ccccc3c2)NC(=O)[C@H](CCCNC(=N)N)NC(=O)[C@H]1C. The number of unbranched alkanes of at least 4 members (excludes halogenated alkanes) is 9. The summed E-state index contributed by atoms with van der Waals surface area (Å²) in [6, 6.07) is 29.3. The molecular weight excluding hydrogens is 1510 g/mol. The van der Waals surface area contributed by atoms with Gasteiger partial charge in [-0.25, -0.2) is 0 Å². The average molecular weight is 1630 g/mol. The number of carbonyl (C=O) groups is 12. The number of hydrogen-bond acceptors (Lipinski definition) is 16. The standard InChI is InChI=1S/C86H116N18O14/c1-55-77(111)99-67(25-19-43-93-85(87)88)81(115)101-69(51-59-29-35-61-21-11-13-23-63(61)47-59)79(113)95-53-75(109)97-71(49-57-31-37-65(105)38-32-57)83(117)103(55)45-17-7-5-15-41-91-73(107)27-9-3-4-10-28-74(108)92-42-16-6-8-18-46-104-56(2)78(112)100-68(26-20-44-94-86(89)90)82(116)102-70(52-60-30-36-62-22-12-14-24-64(62)48-60)80(114)96-54-76(110)98-72(84(104)118)50-58-33-39-66(106)40-34-58/h11-14,21-24,29-40,47-48,55-56,67-72,105-106H,3-10,15-20,25-28,41-46,49-54H2,1-2H3,(H,91,107)(H,92,108)(H,95,113)(H,96,114)(H,97,109)(H,98,110)(H,99,111)(H,100,112)(H,101,115)(H,102,116)(H4,87,88,93)(H4,89,90,94)/t55-,56-,67+,68+,69+,70+,71-,72-/m1/s1. The molecule has 2 heterocycles. The molecule has 118 heavy (non-hydrogen) atoms. The minimum absolute atomic E-state index is 0.0117. The van der Waals surface area contributed by atoms with Crippen molar-refractivity contribution in [2.24, 2.45) is 11.5 Å². The number of carbonyl (C=O) groups excluding carboxylic acids is 12. The number of hydrogen-bond donors (Lipinski definition) is 18. The summed E-state index contributed by atoms with van der Waals surface area (Å²) in [5.41, 5.74) is 13.7. The zero-order valence-electron chi connectivity index (χ0n) is 67.4. The lowest BCUT2D eigenvalue weighted by Gasteiger charge is -2.33. The summed E-state index contributed by atoms with van der Waals surface area (Å²) in [5.74, 6) is -7.45. The first-order chi connectivity index (χ1) is 56.8. The summed E-state index contributed by atoms with van der Waals surface area (Å²) >= 11 is 0. The highest BCUT2D eigenvalue weighted by Crippen LogP contribution is 2.23. The molecule has 0 saturated carbocycles. The maximum Gasteiger partial charge on any atom is 0.246 e. The Balaban J connectivity index is 0.775. The van der Waals surface area contributed by atoms with Crippen molar-refractivity contribution in [2.45, 2.75) is 203 Å². The number of fused-ring (bicyclic) bond motifs is 2. The zero-order chi connectivity index (χ0) is 84.9. The van der Waals surface area contributed by atoms with Crippen LogP contribution in [-0.4, -0.2) is 204 Å². The Kier molecular flexibility index (Phi) is 36.8. The molecule has 0 aliphatic carbocycles. The van der Waals surface area contributed by atoms with Crippen LogP contribution in [0.5, 0.6) is 11.5 Å². The number of nitrogens with one attached hydrogen (secondary N) is 14. The van der Waals surface area contributed by atoms with E-state index in [-0.39, 0.29) is 113 Å². The van der Waals surface area contributed by atoms with E-state index in [0.29, 0.717) is 101 Å². The van der Waals surface area contributed by atoms with E-state index in [2.05, 4.69) is 63.8 Å². The van der Waals surface area contributed by atoms with Crippen molar-refractivity contribution >= 4 is 104 Å². The predicted molar refractivity (Wildman–Crippen MR) is 448 cm³/mol. The molecule has 634 valence electrons. The summed E-state index contributed by atoms with van der Waals surface area (Å²) in [6.45, 7) is 3.31. The number of aromatic hydroxyl groups is 2. The van der Waals surface area contributed by atoms with E-state index in [1.54, 1.807) is 24.3 Å². The molecule has 2 fully saturated rings. The third kappa shape index (κ3) is 30.7. The minimum atomic E-state index is -1.23. The van der Waals surface area contributed by atoms with Gasteiger partial charge in [-0.05, 0) is 146 Å². The normalized spacial score (nSPS) is 19.6. The van der Waals surface area contributed by atoms with Crippen molar-refractivity contribution in [3.05, 3.63) is 156 Å². The predicted octanol–water partition coefficient (Wildman–Crippen LogP) is 3.50. The van der Waals surface area contributed by atoms with E-state index in [1.807, 2.05) is 84.9 Å². The molecule has 0 spiro atoms. The number of benzene rings is 6. The number of rotatable bonds is 37. The van der Waals surface area contributed by atoms with Crippen LogP contribution in [0.15, 0.2) is 133 Å². The van der Waals surface area contributed by atoms with E-state index in [4.69, 9.17) is 22.3 Å². The molecule has 0 aromatic heterocycles. The van der Waals surface area contributed by atoms with Crippen LogP contribution in [0, 0.1) is 10.8 Å². The molecule has 0 bridgehead atoms. The molecule has 2 aliphatic heterocycles. The van der Waals surface area contributed by atoms with Gasteiger partial charge < -0.3 is 95.3 Å². The highest BCUT2D eigenvalue weighted by atomic mass is 16.3. The number of phenolic OH excluding ortho intramolecular Hbond substituents is 2. The monoisotopic (exact) mass is 1620 g/mol. The number of nitrogens with two attached hydrogens (primary N) is 2. The van der Waals surface area contributed by atoms with Crippen LogP contribution >= 0.6 is 0 Å². The van der Waals surface area contributed by atoms with Gasteiger partial charge in [0.25, 0.3) is 0 Å². The highest BCUT2D eigenvalue weighted by molar-refractivity contribution is 5.99. The molecule has 2 saturated heterocycles. The van der Waals surface area contributed by atoms with Gasteiger partial charge in [-0.1, -0.05) is 148 Å². The quantitative estimate of drug-likeness (QED) is 0.0151. The van der Waals surface area contributed by atoms with Crippen LogP contribution in [-0.2, 0) is 83.2 Å². The van der Waals surface area contributed by atoms with Crippen LogP contribution in [0.3, 0.4) is 0 Å². The molecule has 32 nitrogen and oxygen atoms in total. The molecule has 0 unspecified atom stereocenters. The minimum Gasteiger partial charge on any atom is -0.508 e. The van der Waals surface area contributed by atoms with Crippen molar-refractivity contribution in [1.29, 1.82) is 10.8 Å². The van der Waals surface area contributed by atoms with Gasteiger partial charge in [0.15, 0.2) is 11.9 Å². The van der Waals surface area contributed by atoms with Crippen LogP contribution in [0.2, 0.25) is 0 Å². The summed E-state index contributed by atoms with van der Waals surface area (Å²) in [6.07, 6.45) is 8.52. The van der Waals surface area contributed by atoms with Crippen LogP contribution in [0.25, 0.3) is 21.5 Å². The van der Waals surface area contributed by atoms with E-state index < -0.39 is 120 Å². The lowest BCUT2D eigenvalue weighted by atomic mass is 10.0. The summed E-state index contributed by atoms with van der Waals surface area (Å²) in [4.78, 5) is 172. The lowest BCUT2D eigenvalue weighted by Crippen LogP contribution is -2.58. The third-order valence-electron chi connectivity index (χ3n) is 21.0. The van der Waals surface area contributed by atoms with E-state index in [9.17, 15) is 67.7 Å². The number of amides is 12. The molecule has 6 aromatic carbocycles. The average Bonchev–Trinajstić information content (AvgIpc) is 1.23. The topological polar surface area (TPSA) is 496 Å². The fourth-order valence-corrected chi connectivity index (χ4v) is 14.3. The Morgan fingerprint density at radius 3 is 1.08 bits per heavy atom. The lowest BCUT2D eigenvalue weighted by molar-refractivity contribution is -0.143. The molecular formula is C86H116N18O14. The summed E-state index contributed by atoms with van der Waals surface area (Å²) in [5, 5.41) is 72.7. The van der Waals surface area contributed by atoms with Gasteiger partial charge in [-0.3, -0.25) is 68.4 Å². The molecule has 20 N–H and O–H groups in total. The van der Waals surface area contributed by atoms with E-state index >= 15 is 0 Å². The Morgan fingerprint density at radius 2 is 0.703 bits per heavy atom. The first kappa shape index (κ1) is 91.1. The van der Waals surface area contributed by atoms with Gasteiger partial charge in [0, 0.05) is 77.8 Å². The fourth-order valence-electron chi connectivity index (χ4n) is 14.3. The van der Waals surface area contributed by atoms with Crippen LogP contribution in [0.4, 0.5) is 0 Å². The van der Waals surface area contributed by atoms with Gasteiger partial charge in [-0.2, -0.15) is 0 Å². The molecule has 8 atom stereocenters. The largest absolute Gasteiger partial charge is 0.508 e. The fraction of sp³-hybridized carbons (Fsp3) is 0.465.